The molecule has 0 saturated carbocycles. The number of rotatable bonds is 3. The van der Waals surface area contributed by atoms with E-state index in [1.165, 1.54) is 6.39 Å². The highest BCUT2D eigenvalue weighted by atomic mass is 16.3. The van der Waals surface area contributed by atoms with Crippen LogP contribution in [0.4, 0.5) is 0 Å². The van der Waals surface area contributed by atoms with Gasteiger partial charge in [-0.2, -0.15) is 5.26 Å². The molecule has 0 aliphatic carbocycles. The lowest BCUT2D eigenvalue weighted by molar-refractivity contribution is 0.203. The highest BCUT2D eigenvalue weighted by molar-refractivity contribution is 5.72. The molecule has 17 heavy (non-hydrogen) atoms. The maximum absolute atomic E-state index is 9.06. The average molecular weight is 229 g/mol. The lowest BCUT2D eigenvalue weighted by Crippen LogP contribution is -2.38. The van der Waals surface area contributed by atoms with Gasteiger partial charge in [0.25, 0.3) is 0 Å². The summed E-state index contributed by atoms with van der Waals surface area (Å²) < 4.78 is 5.26. The van der Waals surface area contributed by atoms with E-state index >= 15 is 0 Å². The predicted octanol–water partition coefficient (Wildman–Crippen LogP) is 2.56. The summed E-state index contributed by atoms with van der Waals surface area (Å²) in [5.41, 5.74) is 2.28. The standard InChI is InChI=1S/C13H15N3O/c1-13(2,8-14)16(3)7-10-4-5-11-12(6-10)17-9-15-11/h4-6,9H,7H2,1-3H3. The van der Waals surface area contributed by atoms with Crippen LogP contribution in [0, 0.1) is 11.3 Å². The van der Waals surface area contributed by atoms with Crippen molar-refractivity contribution >= 4 is 11.1 Å². The summed E-state index contributed by atoms with van der Waals surface area (Å²) in [6, 6.07) is 8.19. The van der Waals surface area contributed by atoms with Crippen LogP contribution in [0.25, 0.3) is 11.1 Å². The van der Waals surface area contributed by atoms with Crippen LogP contribution in [0.3, 0.4) is 0 Å². The fourth-order valence-electron chi connectivity index (χ4n) is 1.55. The Bertz CT molecular complexity index is 565. The monoisotopic (exact) mass is 229 g/mol. The molecule has 1 aromatic heterocycles. The van der Waals surface area contributed by atoms with Gasteiger partial charge in [-0.3, -0.25) is 4.90 Å². The molecule has 0 spiro atoms. The van der Waals surface area contributed by atoms with E-state index in [0.29, 0.717) is 6.54 Å². The van der Waals surface area contributed by atoms with Gasteiger partial charge < -0.3 is 4.42 Å². The third-order valence-electron chi connectivity index (χ3n) is 3.04. The summed E-state index contributed by atoms with van der Waals surface area (Å²) in [6.45, 7) is 4.51. The summed E-state index contributed by atoms with van der Waals surface area (Å²) in [6.07, 6.45) is 1.44. The minimum absolute atomic E-state index is 0.476. The van der Waals surface area contributed by atoms with E-state index in [-0.39, 0.29) is 0 Å². The molecule has 0 aliphatic rings. The normalized spacial score (nSPS) is 11.9. The summed E-state index contributed by atoms with van der Waals surface area (Å²) >= 11 is 0. The Hall–Kier alpha value is -1.86. The van der Waals surface area contributed by atoms with Gasteiger partial charge >= 0.3 is 0 Å². The van der Waals surface area contributed by atoms with Gasteiger partial charge in [-0.15, -0.1) is 0 Å². The van der Waals surface area contributed by atoms with Crippen molar-refractivity contribution in [1.82, 2.24) is 9.88 Å². The number of hydrogen-bond acceptors (Lipinski definition) is 4. The first-order valence-corrected chi connectivity index (χ1v) is 5.47. The molecule has 0 unspecified atom stereocenters. The van der Waals surface area contributed by atoms with Crippen molar-refractivity contribution in [1.29, 1.82) is 5.26 Å². The fourth-order valence-corrected chi connectivity index (χ4v) is 1.55. The van der Waals surface area contributed by atoms with Crippen molar-refractivity contribution in [2.75, 3.05) is 7.05 Å². The largest absolute Gasteiger partial charge is 0.443 e. The Balaban J connectivity index is 2.21. The molecular weight excluding hydrogens is 214 g/mol. The number of hydrogen-bond donors (Lipinski definition) is 0. The zero-order chi connectivity index (χ0) is 12.5. The van der Waals surface area contributed by atoms with Crippen LogP contribution in [-0.2, 0) is 6.54 Å². The third-order valence-corrected chi connectivity index (χ3v) is 3.04. The predicted molar refractivity (Wildman–Crippen MR) is 65.2 cm³/mol. The van der Waals surface area contributed by atoms with Crippen molar-refractivity contribution in [2.45, 2.75) is 25.9 Å². The van der Waals surface area contributed by atoms with Crippen molar-refractivity contribution in [3.63, 3.8) is 0 Å². The molecule has 0 N–H and O–H groups in total. The molecule has 4 heteroatoms. The molecule has 1 aromatic carbocycles. The SMILES string of the molecule is CN(Cc1ccc2ncoc2c1)C(C)(C)C#N. The Kier molecular flexibility index (Phi) is 2.86. The number of nitrogens with zero attached hydrogens (tertiary/aromatic N) is 3. The van der Waals surface area contributed by atoms with Crippen molar-refractivity contribution < 1.29 is 4.42 Å². The van der Waals surface area contributed by atoms with E-state index in [9.17, 15) is 0 Å². The van der Waals surface area contributed by atoms with E-state index in [0.717, 1.165) is 16.7 Å². The molecule has 0 radical (unpaired) electrons. The van der Waals surface area contributed by atoms with Gasteiger partial charge in [0.05, 0.1) is 6.07 Å². The van der Waals surface area contributed by atoms with Crippen LogP contribution in [0.5, 0.6) is 0 Å². The Morgan fingerprint density at radius 1 is 1.47 bits per heavy atom. The molecular formula is C13H15N3O. The first kappa shape index (κ1) is 11.6. The molecule has 2 rings (SSSR count). The second-order valence-electron chi connectivity index (χ2n) is 4.68. The highest BCUT2D eigenvalue weighted by Gasteiger charge is 2.22. The molecule has 2 aromatic rings. The maximum Gasteiger partial charge on any atom is 0.181 e. The van der Waals surface area contributed by atoms with E-state index in [1.54, 1.807) is 0 Å². The van der Waals surface area contributed by atoms with Gasteiger partial charge in [0.15, 0.2) is 12.0 Å². The molecule has 0 aliphatic heterocycles. The second kappa shape index (κ2) is 4.19. The fraction of sp³-hybridized carbons (Fsp3) is 0.385. The van der Waals surface area contributed by atoms with E-state index < -0.39 is 5.54 Å². The third kappa shape index (κ3) is 2.29. The maximum atomic E-state index is 9.06. The van der Waals surface area contributed by atoms with Crippen LogP contribution < -0.4 is 0 Å². The zero-order valence-electron chi connectivity index (χ0n) is 10.3. The minimum atomic E-state index is -0.476. The summed E-state index contributed by atoms with van der Waals surface area (Å²) in [7, 11) is 1.94. The minimum Gasteiger partial charge on any atom is -0.443 e. The van der Waals surface area contributed by atoms with Crippen molar-refractivity contribution in [3.8, 4) is 6.07 Å². The molecule has 88 valence electrons. The van der Waals surface area contributed by atoms with Crippen LogP contribution in [-0.4, -0.2) is 22.5 Å². The van der Waals surface area contributed by atoms with Gasteiger partial charge in [-0.1, -0.05) is 6.07 Å². The lowest BCUT2D eigenvalue weighted by Gasteiger charge is -2.28. The van der Waals surface area contributed by atoms with Gasteiger partial charge in [0.2, 0.25) is 0 Å². The number of benzene rings is 1. The molecule has 0 bridgehead atoms. The second-order valence-corrected chi connectivity index (χ2v) is 4.68. The Labute approximate surface area is 100 Å². The lowest BCUT2D eigenvalue weighted by atomic mass is 10.0. The molecule has 0 fully saturated rings. The van der Waals surface area contributed by atoms with Crippen molar-refractivity contribution in [3.05, 3.63) is 30.2 Å². The topological polar surface area (TPSA) is 53.1 Å². The Morgan fingerprint density at radius 2 is 2.24 bits per heavy atom. The molecule has 0 amide bonds. The molecule has 4 nitrogen and oxygen atoms in total. The van der Waals surface area contributed by atoms with Crippen LogP contribution >= 0.6 is 0 Å². The summed E-state index contributed by atoms with van der Waals surface area (Å²) in [4.78, 5) is 6.08. The first-order valence-electron chi connectivity index (χ1n) is 5.47. The average Bonchev–Trinajstić information content (AvgIpc) is 2.76. The first-order chi connectivity index (χ1) is 8.03. The molecule has 0 saturated heterocycles. The van der Waals surface area contributed by atoms with Gasteiger partial charge in [-0.05, 0) is 38.6 Å². The number of nitriles is 1. The molecule has 1 heterocycles. The van der Waals surface area contributed by atoms with E-state index in [1.807, 2.05) is 44.0 Å². The van der Waals surface area contributed by atoms with Gasteiger partial charge in [0.1, 0.15) is 11.1 Å². The molecule has 0 atom stereocenters. The highest BCUT2D eigenvalue weighted by Crippen LogP contribution is 2.18. The zero-order valence-corrected chi connectivity index (χ0v) is 10.3. The quantitative estimate of drug-likeness (QED) is 0.811. The van der Waals surface area contributed by atoms with E-state index in [2.05, 4.69) is 11.1 Å². The van der Waals surface area contributed by atoms with Crippen LogP contribution in [0.15, 0.2) is 29.0 Å². The Morgan fingerprint density at radius 3 is 2.94 bits per heavy atom. The summed E-state index contributed by atoms with van der Waals surface area (Å²) in [5, 5.41) is 9.06. The van der Waals surface area contributed by atoms with Gasteiger partial charge in [-0.25, -0.2) is 4.98 Å². The number of oxazole rings is 1. The number of aromatic nitrogens is 1. The van der Waals surface area contributed by atoms with Gasteiger partial charge in [0, 0.05) is 6.54 Å². The summed E-state index contributed by atoms with van der Waals surface area (Å²) in [5.74, 6) is 0. The number of fused-ring (bicyclic) bond motifs is 1. The van der Waals surface area contributed by atoms with Crippen molar-refractivity contribution in [2.24, 2.45) is 0 Å². The smallest absolute Gasteiger partial charge is 0.181 e. The van der Waals surface area contributed by atoms with Crippen LogP contribution in [0.2, 0.25) is 0 Å². The van der Waals surface area contributed by atoms with Crippen LogP contribution in [0.1, 0.15) is 19.4 Å². The van der Waals surface area contributed by atoms with E-state index in [4.69, 9.17) is 9.68 Å².